The van der Waals surface area contributed by atoms with Crippen molar-refractivity contribution in [2.45, 2.75) is 6.23 Å². The third-order valence-corrected chi connectivity index (χ3v) is 8.74. The van der Waals surface area contributed by atoms with Crippen LogP contribution >= 0.6 is 0 Å². The molecule has 0 fully saturated rings. The van der Waals surface area contributed by atoms with Crippen LogP contribution in [0.2, 0.25) is 0 Å². The molecular formula is C32H29FN4O5S. The molecule has 0 aliphatic heterocycles. The summed E-state index contributed by atoms with van der Waals surface area (Å²) in [6, 6.07) is 22.5. The Bertz CT molecular complexity index is 2070. The quantitative estimate of drug-likeness (QED) is 0.211. The molecule has 0 saturated carbocycles. The monoisotopic (exact) mass is 600 g/mol. The summed E-state index contributed by atoms with van der Waals surface area (Å²) in [7, 11) is 1.03. The molecule has 43 heavy (non-hydrogen) atoms. The maximum atomic E-state index is 13.7. The van der Waals surface area contributed by atoms with E-state index < -0.39 is 22.1 Å². The number of benzene rings is 4. The van der Waals surface area contributed by atoms with Crippen LogP contribution in [0.15, 0.2) is 89.6 Å². The van der Waals surface area contributed by atoms with E-state index in [2.05, 4.69) is 10.3 Å². The zero-order chi connectivity index (χ0) is 30.5. The van der Waals surface area contributed by atoms with Gasteiger partial charge in [-0.25, -0.2) is 17.8 Å². The fourth-order valence-electron chi connectivity index (χ4n) is 5.18. The molecule has 1 atom stereocenters. The van der Waals surface area contributed by atoms with E-state index in [0.717, 1.165) is 34.3 Å². The number of furan rings is 1. The average Bonchev–Trinajstić information content (AvgIpc) is 3.60. The molecule has 0 amide bonds. The first-order chi connectivity index (χ1) is 20.6. The van der Waals surface area contributed by atoms with Crippen LogP contribution in [-0.4, -0.2) is 50.5 Å². The molecule has 0 aliphatic rings. The van der Waals surface area contributed by atoms with Gasteiger partial charge in [-0.1, -0.05) is 6.07 Å². The van der Waals surface area contributed by atoms with Crippen molar-refractivity contribution < 1.29 is 27.1 Å². The fourth-order valence-corrected chi connectivity index (χ4v) is 5.69. The van der Waals surface area contributed by atoms with E-state index >= 15 is 0 Å². The van der Waals surface area contributed by atoms with Crippen LogP contribution in [0.4, 0.5) is 10.1 Å². The Kier molecular flexibility index (Phi) is 7.17. The Morgan fingerprint density at radius 3 is 2.37 bits per heavy atom. The lowest BCUT2D eigenvalue weighted by Gasteiger charge is -2.21. The summed E-state index contributed by atoms with van der Waals surface area (Å²) in [6.07, 6.45) is 1.74. The number of methoxy groups -OCH3 is 1. The van der Waals surface area contributed by atoms with Crippen LogP contribution in [0.25, 0.3) is 50.1 Å². The van der Waals surface area contributed by atoms with E-state index in [0.29, 0.717) is 39.1 Å². The maximum absolute atomic E-state index is 13.7. The second-order valence-electron chi connectivity index (χ2n) is 10.2. The van der Waals surface area contributed by atoms with Crippen LogP contribution in [-0.2, 0) is 10.0 Å². The first-order valence-electron chi connectivity index (χ1n) is 13.4. The maximum Gasteiger partial charge on any atom is 0.232 e. The standard InChI is InChI=1S/C32H29FN4O5S/c1-34-32(38)30-25-16-24(20-7-14-26-28(15-20)37(18-35-26)22-10-12-23(41-3)13-11-22)27(36(2)43(4,39)40)17-29(25)42-31(30)19-5-8-21(33)9-6-19/h5-18,32,34,38H,1-4H3. The summed E-state index contributed by atoms with van der Waals surface area (Å²) < 4.78 is 53.9. The lowest BCUT2D eigenvalue weighted by atomic mass is 9.97. The molecule has 4 aromatic carbocycles. The number of hydrogen-bond donors (Lipinski definition) is 2. The molecule has 0 aliphatic carbocycles. The number of nitrogens with zero attached hydrogens (tertiary/aromatic N) is 3. The average molecular weight is 601 g/mol. The number of imidazole rings is 1. The van der Waals surface area contributed by atoms with Gasteiger partial charge < -0.3 is 14.3 Å². The lowest BCUT2D eigenvalue weighted by Crippen LogP contribution is -2.25. The van der Waals surface area contributed by atoms with Gasteiger partial charge in [-0.15, -0.1) is 0 Å². The van der Waals surface area contributed by atoms with Crippen molar-refractivity contribution >= 4 is 37.7 Å². The van der Waals surface area contributed by atoms with Crippen LogP contribution in [0, 0.1) is 5.82 Å². The van der Waals surface area contributed by atoms with Crippen LogP contribution in [0.1, 0.15) is 11.8 Å². The van der Waals surface area contributed by atoms with Gasteiger partial charge in [-0.2, -0.15) is 0 Å². The molecule has 2 aromatic heterocycles. The number of halogens is 1. The number of hydrogen-bond acceptors (Lipinski definition) is 7. The Morgan fingerprint density at radius 2 is 1.72 bits per heavy atom. The minimum Gasteiger partial charge on any atom is -0.497 e. The van der Waals surface area contributed by atoms with E-state index in [9.17, 15) is 17.9 Å². The van der Waals surface area contributed by atoms with Gasteiger partial charge in [0.15, 0.2) is 0 Å². The van der Waals surface area contributed by atoms with Gasteiger partial charge in [0.1, 0.15) is 35.5 Å². The molecule has 2 N–H and O–H groups in total. The second-order valence-corrected chi connectivity index (χ2v) is 12.2. The normalized spacial score (nSPS) is 12.6. The Labute approximate surface area is 247 Å². The number of ether oxygens (including phenoxy) is 1. The van der Waals surface area contributed by atoms with Crippen LogP contribution in [0.5, 0.6) is 5.75 Å². The largest absolute Gasteiger partial charge is 0.497 e. The molecule has 0 radical (unpaired) electrons. The zero-order valence-electron chi connectivity index (χ0n) is 23.9. The number of aliphatic hydroxyl groups is 1. The summed E-state index contributed by atoms with van der Waals surface area (Å²) in [6.45, 7) is 0. The summed E-state index contributed by atoms with van der Waals surface area (Å²) in [5, 5.41) is 14.4. The van der Waals surface area contributed by atoms with Crippen LogP contribution in [0.3, 0.4) is 0 Å². The van der Waals surface area contributed by atoms with Crippen molar-refractivity contribution in [3.8, 4) is 33.9 Å². The topological polar surface area (TPSA) is 110 Å². The molecular weight excluding hydrogens is 571 g/mol. The summed E-state index contributed by atoms with van der Waals surface area (Å²) in [5.41, 5.74) is 5.52. The predicted molar refractivity (Wildman–Crippen MR) is 165 cm³/mol. The van der Waals surface area contributed by atoms with Gasteiger partial charge >= 0.3 is 0 Å². The minimum absolute atomic E-state index is 0.343. The van der Waals surface area contributed by atoms with Gasteiger partial charge in [0.2, 0.25) is 10.0 Å². The van der Waals surface area contributed by atoms with Crippen molar-refractivity contribution in [1.82, 2.24) is 14.9 Å². The molecule has 9 nitrogen and oxygen atoms in total. The van der Waals surface area contributed by atoms with E-state index in [1.165, 1.54) is 23.5 Å². The highest BCUT2D eigenvalue weighted by atomic mass is 32.2. The lowest BCUT2D eigenvalue weighted by molar-refractivity contribution is 0.150. The van der Waals surface area contributed by atoms with E-state index in [-0.39, 0.29) is 0 Å². The number of aliphatic hydroxyl groups excluding tert-OH is 1. The smallest absolute Gasteiger partial charge is 0.232 e. The number of nitrogens with one attached hydrogen (secondary N) is 1. The highest BCUT2D eigenvalue weighted by Crippen LogP contribution is 2.43. The van der Waals surface area contributed by atoms with E-state index in [1.807, 2.05) is 53.1 Å². The molecule has 6 rings (SSSR count). The summed E-state index contributed by atoms with van der Waals surface area (Å²) in [4.78, 5) is 4.55. The number of sulfonamides is 1. The number of fused-ring (bicyclic) bond motifs is 2. The van der Waals surface area contributed by atoms with E-state index in [1.54, 1.807) is 38.7 Å². The molecule has 0 saturated heterocycles. The van der Waals surface area contributed by atoms with Crippen LogP contribution < -0.4 is 14.4 Å². The molecule has 1 unspecified atom stereocenters. The minimum atomic E-state index is -3.67. The third kappa shape index (κ3) is 5.11. The molecule has 0 spiro atoms. The summed E-state index contributed by atoms with van der Waals surface area (Å²) >= 11 is 0. The van der Waals surface area contributed by atoms with Gasteiger partial charge in [0.25, 0.3) is 0 Å². The highest BCUT2D eigenvalue weighted by Gasteiger charge is 2.26. The number of rotatable bonds is 8. The second kappa shape index (κ2) is 10.8. The molecule has 11 heteroatoms. The van der Waals surface area contributed by atoms with Crippen molar-refractivity contribution in [1.29, 1.82) is 0 Å². The highest BCUT2D eigenvalue weighted by molar-refractivity contribution is 7.92. The zero-order valence-corrected chi connectivity index (χ0v) is 24.7. The van der Waals surface area contributed by atoms with Crippen molar-refractivity contribution in [2.24, 2.45) is 0 Å². The van der Waals surface area contributed by atoms with Gasteiger partial charge in [-0.3, -0.25) is 14.2 Å². The third-order valence-electron chi connectivity index (χ3n) is 7.54. The Morgan fingerprint density at radius 1 is 1.02 bits per heavy atom. The van der Waals surface area contributed by atoms with Crippen molar-refractivity contribution in [2.75, 3.05) is 31.8 Å². The first kappa shape index (κ1) is 28.4. The molecule has 220 valence electrons. The van der Waals surface area contributed by atoms with Crippen molar-refractivity contribution in [3.05, 3.63) is 96.6 Å². The first-order valence-corrected chi connectivity index (χ1v) is 15.2. The summed E-state index contributed by atoms with van der Waals surface area (Å²) in [5.74, 6) is 0.671. The number of anilines is 1. The predicted octanol–water partition coefficient (Wildman–Crippen LogP) is 5.86. The molecule has 0 bridgehead atoms. The molecule has 2 heterocycles. The van der Waals surface area contributed by atoms with Gasteiger partial charge in [-0.05, 0) is 79.3 Å². The van der Waals surface area contributed by atoms with E-state index in [4.69, 9.17) is 9.15 Å². The molecule has 6 aromatic rings. The SMILES string of the molecule is CNC(O)c1c(-c2ccc(F)cc2)oc2cc(N(C)S(C)(=O)=O)c(-c3ccc4ncn(-c5ccc(OC)cc5)c4c3)cc12. The van der Waals surface area contributed by atoms with Gasteiger partial charge in [0, 0.05) is 40.9 Å². The van der Waals surface area contributed by atoms with Gasteiger partial charge in [0.05, 0.1) is 30.1 Å². The number of aromatic nitrogens is 2. The van der Waals surface area contributed by atoms with Crippen molar-refractivity contribution in [3.63, 3.8) is 0 Å². The fraction of sp³-hybridized carbons (Fsp3) is 0.156. The Hall–Kier alpha value is -4.71. The Balaban J connectivity index is 1.61.